The van der Waals surface area contributed by atoms with Crippen molar-refractivity contribution in [1.29, 1.82) is 0 Å². The second kappa shape index (κ2) is 5.20. The van der Waals surface area contributed by atoms with Gasteiger partial charge in [0.1, 0.15) is 17.0 Å². The molecule has 0 radical (unpaired) electrons. The predicted octanol–water partition coefficient (Wildman–Crippen LogP) is 5.36. The van der Waals surface area contributed by atoms with E-state index in [4.69, 9.17) is 23.2 Å². The molecule has 0 saturated carbocycles. The summed E-state index contributed by atoms with van der Waals surface area (Å²) >= 11 is 13.6. The fourth-order valence-corrected chi connectivity index (χ4v) is 3.28. The first-order chi connectivity index (χ1) is 9.56. The summed E-state index contributed by atoms with van der Waals surface area (Å²) < 4.78 is 0. The highest BCUT2D eigenvalue weighted by Crippen LogP contribution is 2.34. The molecule has 0 bridgehead atoms. The van der Waals surface area contributed by atoms with Crippen LogP contribution in [-0.4, -0.2) is 9.97 Å². The molecule has 0 aliphatic carbocycles. The number of nitrogens with one attached hydrogen (secondary N) is 1. The molecule has 3 aromatic rings. The van der Waals surface area contributed by atoms with Crippen LogP contribution in [0.1, 0.15) is 10.4 Å². The van der Waals surface area contributed by atoms with Crippen molar-refractivity contribution in [3.8, 4) is 0 Å². The van der Waals surface area contributed by atoms with Gasteiger partial charge in [0.05, 0.1) is 15.4 Å². The second-order valence-electron chi connectivity index (χ2n) is 4.44. The number of hydrogen-bond acceptors (Lipinski definition) is 4. The highest BCUT2D eigenvalue weighted by atomic mass is 35.5. The Bertz CT molecular complexity index is 798. The Morgan fingerprint density at radius 1 is 1.10 bits per heavy atom. The van der Waals surface area contributed by atoms with Gasteiger partial charge in [0.25, 0.3) is 0 Å². The molecule has 0 aliphatic rings. The number of anilines is 2. The van der Waals surface area contributed by atoms with Crippen molar-refractivity contribution in [3.63, 3.8) is 0 Å². The average Bonchev–Trinajstić information content (AvgIpc) is 2.71. The maximum atomic E-state index is 6.03. The number of hydrogen-bond donors (Lipinski definition) is 1. The van der Waals surface area contributed by atoms with Crippen LogP contribution in [0.4, 0.5) is 11.5 Å². The number of aryl methyl sites for hydroxylation is 2. The fourth-order valence-electron chi connectivity index (χ4n) is 1.99. The number of fused-ring (bicyclic) bond motifs is 1. The Balaban J connectivity index is 2.08. The Morgan fingerprint density at radius 3 is 2.65 bits per heavy atom. The van der Waals surface area contributed by atoms with Crippen LogP contribution >= 0.6 is 34.5 Å². The molecule has 20 heavy (non-hydrogen) atoms. The van der Waals surface area contributed by atoms with E-state index >= 15 is 0 Å². The summed E-state index contributed by atoms with van der Waals surface area (Å²) in [5.74, 6) is 0.787. The molecule has 1 N–H and O–H groups in total. The van der Waals surface area contributed by atoms with Gasteiger partial charge in [0.2, 0.25) is 0 Å². The Labute approximate surface area is 130 Å². The van der Waals surface area contributed by atoms with Crippen LogP contribution < -0.4 is 5.32 Å². The summed E-state index contributed by atoms with van der Waals surface area (Å²) in [6.45, 7) is 4.17. The van der Waals surface area contributed by atoms with Gasteiger partial charge in [-0.25, -0.2) is 9.97 Å². The van der Waals surface area contributed by atoms with E-state index < -0.39 is 0 Å². The van der Waals surface area contributed by atoms with Crippen LogP contribution in [0.2, 0.25) is 10.0 Å². The standard InChI is InChI=1S/C14H11Cl2N3S/c1-7-8(2)20-14-12(7)13(17-6-18-14)19-9-3-4-10(15)11(16)5-9/h3-6H,1-2H3,(H,17,18,19). The summed E-state index contributed by atoms with van der Waals surface area (Å²) in [7, 11) is 0. The smallest absolute Gasteiger partial charge is 0.142 e. The van der Waals surface area contributed by atoms with Crippen molar-refractivity contribution in [2.24, 2.45) is 0 Å². The predicted molar refractivity (Wildman–Crippen MR) is 86.6 cm³/mol. The lowest BCUT2D eigenvalue weighted by Gasteiger charge is -2.08. The Morgan fingerprint density at radius 2 is 1.90 bits per heavy atom. The lowest BCUT2D eigenvalue weighted by molar-refractivity contribution is 1.22. The lowest BCUT2D eigenvalue weighted by atomic mass is 10.2. The lowest BCUT2D eigenvalue weighted by Crippen LogP contribution is -1.95. The van der Waals surface area contributed by atoms with Gasteiger partial charge in [-0.05, 0) is 37.6 Å². The molecule has 3 nitrogen and oxygen atoms in total. The number of aromatic nitrogens is 2. The molecule has 2 heterocycles. The van der Waals surface area contributed by atoms with E-state index in [2.05, 4.69) is 29.1 Å². The molecule has 0 amide bonds. The van der Waals surface area contributed by atoms with E-state index in [-0.39, 0.29) is 0 Å². The van der Waals surface area contributed by atoms with Crippen LogP contribution in [0, 0.1) is 13.8 Å². The number of halogens is 2. The van der Waals surface area contributed by atoms with Crippen LogP contribution in [0.15, 0.2) is 24.5 Å². The third kappa shape index (κ3) is 2.35. The summed E-state index contributed by atoms with van der Waals surface area (Å²) in [6.07, 6.45) is 1.57. The maximum absolute atomic E-state index is 6.03. The molecule has 2 aromatic heterocycles. The quantitative estimate of drug-likeness (QED) is 0.690. The summed E-state index contributed by atoms with van der Waals surface area (Å²) in [5, 5.41) is 5.39. The Kier molecular flexibility index (Phi) is 3.54. The van der Waals surface area contributed by atoms with E-state index in [1.807, 2.05) is 6.07 Å². The topological polar surface area (TPSA) is 37.8 Å². The van der Waals surface area contributed by atoms with Crippen molar-refractivity contribution < 1.29 is 0 Å². The minimum atomic E-state index is 0.514. The van der Waals surface area contributed by atoms with Crippen LogP contribution in [0.25, 0.3) is 10.2 Å². The zero-order valence-electron chi connectivity index (χ0n) is 10.9. The first kappa shape index (κ1) is 13.6. The fraction of sp³-hybridized carbons (Fsp3) is 0.143. The minimum absolute atomic E-state index is 0.514. The summed E-state index contributed by atoms with van der Waals surface area (Å²) in [5.41, 5.74) is 2.05. The van der Waals surface area contributed by atoms with Crippen molar-refractivity contribution >= 4 is 56.3 Å². The van der Waals surface area contributed by atoms with Crippen molar-refractivity contribution in [2.75, 3.05) is 5.32 Å². The van der Waals surface area contributed by atoms with Gasteiger partial charge in [0.15, 0.2) is 0 Å². The molecular weight excluding hydrogens is 313 g/mol. The zero-order chi connectivity index (χ0) is 14.3. The molecule has 0 aliphatic heterocycles. The van der Waals surface area contributed by atoms with E-state index in [0.717, 1.165) is 21.7 Å². The monoisotopic (exact) mass is 323 g/mol. The third-order valence-electron chi connectivity index (χ3n) is 3.15. The molecule has 0 unspecified atom stereocenters. The summed E-state index contributed by atoms with van der Waals surface area (Å²) in [4.78, 5) is 10.9. The molecule has 3 rings (SSSR count). The van der Waals surface area contributed by atoms with Gasteiger partial charge in [-0.3, -0.25) is 0 Å². The first-order valence-electron chi connectivity index (χ1n) is 5.99. The van der Waals surface area contributed by atoms with Gasteiger partial charge >= 0.3 is 0 Å². The van der Waals surface area contributed by atoms with E-state index in [1.165, 1.54) is 10.4 Å². The maximum Gasteiger partial charge on any atom is 0.142 e. The number of benzene rings is 1. The van der Waals surface area contributed by atoms with Gasteiger partial charge in [-0.2, -0.15) is 0 Å². The summed E-state index contributed by atoms with van der Waals surface area (Å²) in [6, 6.07) is 5.42. The molecular formula is C14H11Cl2N3S. The highest BCUT2D eigenvalue weighted by Gasteiger charge is 2.12. The molecule has 0 atom stereocenters. The molecule has 1 aromatic carbocycles. The van der Waals surface area contributed by atoms with Crippen LogP contribution in [-0.2, 0) is 0 Å². The third-order valence-corrected chi connectivity index (χ3v) is 5.00. The normalized spacial score (nSPS) is 11.0. The van der Waals surface area contributed by atoms with Crippen LogP contribution in [0.5, 0.6) is 0 Å². The SMILES string of the molecule is Cc1sc2ncnc(Nc3ccc(Cl)c(Cl)c3)c2c1C. The van der Waals surface area contributed by atoms with Crippen molar-refractivity contribution in [2.45, 2.75) is 13.8 Å². The van der Waals surface area contributed by atoms with E-state index in [0.29, 0.717) is 10.0 Å². The Hall–Kier alpha value is -1.36. The van der Waals surface area contributed by atoms with Crippen LogP contribution in [0.3, 0.4) is 0 Å². The molecule has 0 saturated heterocycles. The van der Waals surface area contributed by atoms with E-state index in [9.17, 15) is 0 Å². The zero-order valence-corrected chi connectivity index (χ0v) is 13.2. The largest absolute Gasteiger partial charge is 0.340 e. The van der Waals surface area contributed by atoms with E-state index in [1.54, 1.807) is 29.8 Å². The molecule has 102 valence electrons. The van der Waals surface area contributed by atoms with Gasteiger partial charge in [-0.1, -0.05) is 23.2 Å². The highest BCUT2D eigenvalue weighted by molar-refractivity contribution is 7.18. The number of thiophene rings is 1. The second-order valence-corrected chi connectivity index (χ2v) is 6.46. The van der Waals surface area contributed by atoms with Crippen molar-refractivity contribution in [3.05, 3.63) is 45.0 Å². The molecule has 0 fully saturated rings. The average molecular weight is 324 g/mol. The minimum Gasteiger partial charge on any atom is -0.340 e. The van der Waals surface area contributed by atoms with Gasteiger partial charge in [-0.15, -0.1) is 11.3 Å². The molecule has 0 spiro atoms. The van der Waals surface area contributed by atoms with Gasteiger partial charge in [0, 0.05) is 10.6 Å². The van der Waals surface area contributed by atoms with Gasteiger partial charge < -0.3 is 5.32 Å². The first-order valence-corrected chi connectivity index (χ1v) is 7.56. The van der Waals surface area contributed by atoms with Crippen molar-refractivity contribution in [1.82, 2.24) is 9.97 Å². The number of nitrogens with zero attached hydrogens (tertiary/aromatic N) is 2. The number of rotatable bonds is 2. The molecule has 6 heteroatoms.